The van der Waals surface area contributed by atoms with Crippen LogP contribution < -0.4 is 10.6 Å². The van der Waals surface area contributed by atoms with Crippen LogP contribution in [0.2, 0.25) is 0 Å². The van der Waals surface area contributed by atoms with E-state index in [4.69, 9.17) is 4.74 Å². The fraction of sp³-hybridized carbons (Fsp3) is 0.727. The zero-order valence-electron chi connectivity index (χ0n) is 11.3. The first-order valence-electron chi connectivity index (χ1n) is 6.20. The lowest BCUT2D eigenvalue weighted by Crippen LogP contribution is -2.39. The molecule has 1 rings (SSSR count). The van der Waals surface area contributed by atoms with Crippen molar-refractivity contribution >= 4 is 5.96 Å². The van der Waals surface area contributed by atoms with Gasteiger partial charge in [-0.2, -0.15) is 0 Å². The Morgan fingerprint density at radius 2 is 2.28 bits per heavy atom. The molecule has 0 atom stereocenters. The third-order valence-corrected chi connectivity index (χ3v) is 2.42. The van der Waals surface area contributed by atoms with Crippen molar-refractivity contribution in [2.45, 2.75) is 26.9 Å². The second-order valence-electron chi connectivity index (χ2n) is 3.58. The molecule has 0 spiro atoms. The van der Waals surface area contributed by atoms with Crippen LogP contribution in [0.25, 0.3) is 0 Å². The molecular weight excluding hydrogens is 232 g/mol. The number of aryl methyl sites for hydroxylation is 1. The van der Waals surface area contributed by atoms with Crippen molar-refractivity contribution in [3.05, 3.63) is 12.2 Å². The highest BCUT2D eigenvalue weighted by Crippen LogP contribution is 1.93. The highest BCUT2D eigenvalue weighted by molar-refractivity contribution is 5.79. The van der Waals surface area contributed by atoms with E-state index in [1.165, 1.54) is 0 Å². The van der Waals surface area contributed by atoms with Crippen LogP contribution in [0.1, 0.15) is 19.7 Å². The van der Waals surface area contributed by atoms with Crippen molar-refractivity contribution in [3.63, 3.8) is 0 Å². The molecule has 7 nitrogen and oxygen atoms in total. The molecule has 0 amide bonds. The summed E-state index contributed by atoms with van der Waals surface area (Å²) in [7, 11) is 1.74. The number of aromatic nitrogens is 3. The molecule has 1 aromatic rings. The minimum Gasteiger partial charge on any atom is -0.380 e. The van der Waals surface area contributed by atoms with Crippen LogP contribution in [0.4, 0.5) is 0 Å². The minimum atomic E-state index is 0.599. The molecule has 18 heavy (non-hydrogen) atoms. The lowest BCUT2D eigenvalue weighted by molar-refractivity contribution is 0.152. The van der Waals surface area contributed by atoms with Crippen molar-refractivity contribution in [2.75, 3.05) is 26.8 Å². The monoisotopic (exact) mass is 254 g/mol. The van der Waals surface area contributed by atoms with Crippen LogP contribution in [0, 0.1) is 0 Å². The fourth-order valence-corrected chi connectivity index (χ4v) is 1.45. The first-order chi connectivity index (χ1) is 8.81. The van der Waals surface area contributed by atoms with E-state index in [1.807, 2.05) is 11.5 Å². The number of hydrogen-bond donors (Lipinski definition) is 2. The first kappa shape index (κ1) is 14.4. The maximum atomic E-state index is 5.24. The van der Waals surface area contributed by atoms with Crippen molar-refractivity contribution in [1.82, 2.24) is 25.4 Å². The molecule has 1 heterocycles. The Morgan fingerprint density at radius 1 is 1.44 bits per heavy atom. The van der Waals surface area contributed by atoms with Crippen LogP contribution in [0.5, 0.6) is 0 Å². The second kappa shape index (κ2) is 8.46. The average Bonchev–Trinajstić information content (AvgIpc) is 2.85. The number of hydrogen-bond acceptors (Lipinski definition) is 4. The van der Waals surface area contributed by atoms with E-state index >= 15 is 0 Å². The summed E-state index contributed by atoms with van der Waals surface area (Å²) >= 11 is 0. The molecule has 102 valence electrons. The van der Waals surface area contributed by atoms with Gasteiger partial charge in [0.1, 0.15) is 6.33 Å². The number of aliphatic imine (C=N–C) groups is 1. The van der Waals surface area contributed by atoms with E-state index in [1.54, 1.807) is 13.4 Å². The third kappa shape index (κ3) is 4.70. The van der Waals surface area contributed by atoms with E-state index in [-0.39, 0.29) is 0 Å². The highest BCUT2D eigenvalue weighted by atomic mass is 16.5. The molecule has 0 aromatic carbocycles. The minimum absolute atomic E-state index is 0.599. The molecule has 0 saturated carbocycles. The Bertz CT molecular complexity index is 362. The molecule has 1 aromatic heterocycles. The van der Waals surface area contributed by atoms with Crippen molar-refractivity contribution in [2.24, 2.45) is 4.99 Å². The van der Waals surface area contributed by atoms with E-state index < -0.39 is 0 Å². The van der Waals surface area contributed by atoms with Crippen molar-refractivity contribution in [1.29, 1.82) is 0 Å². The summed E-state index contributed by atoms with van der Waals surface area (Å²) in [4.78, 5) is 4.12. The Kier molecular flexibility index (Phi) is 6.78. The highest BCUT2D eigenvalue weighted by Gasteiger charge is 2.03. The quantitative estimate of drug-likeness (QED) is 0.407. The second-order valence-corrected chi connectivity index (χ2v) is 3.58. The van der Waals surface area contributed by atoms with E-state index in [0.29, 0.717) is 13.2 Å². The normalized spacial score (nSPS) is 11.6. The van der Waals surface area contributed by atoms with Crippen LogP contribution in [0.3, 0.4) is 0 Å². The van der Waals surface area contributed by atoms with Gasteiger partial charge in [0.2, 0.25) is 0 Å². The predicted octanol–water partition coefficient (Wildman–Crippen LogP) is -0.000500. The predicted molar refractivity (Wildman–Crippen MR) is 70.4 cm³/mol. The van der Waals surface area contributed by atoms with Gasteiger partial charge >= 0.3 is 0 Å². The molecular formula is C11H22N6O. The molecule has 0 aliphatic carbocycles. The summed E-state index contributed by atoms with van der Waals surface area (Å²) in [6.45, 7) is 7.62. The van der Waals surface area contributed by atoms with Crippen molar-refractivity contribution < 1.29 is 4.74 Å². The van der Waals surface area contributed by atoms with Crippen LogP contribution in [-0.2, 0) is 17.8 Å². The fourth-order valence-electron chi connectivity index (χ4n) is 1.45. The van der Waals surface area contributed by atoms with Crippen LogP contribution in [0.15, 0.2) is 11.3 Å². The molecule has 0 bridgehead atoms. The molecule has 0 saturated heterocycles. The number of nitrogens with zero attached hydrogens (tertiary/aromatic N) is 4. The van der Waals surface area contributed by atoms with Gasteiger partial charge < -0.3 is 19.9 Å². The maximum absolute atomic E-state index is 5.24. The third-order valence-electron chi connectivity index (χ3n) is 2.42. The van der Waals surface area contributed by atoms with Gasteiger partial charge in [-0.15, -0.1) is 10.2 Å². The Labute approximate surface area is 108 Å². The van der Waals surface area contributed by atoms with E-state index in [2.05, 4.69) is 32.7 Å². The topological polar surface area (TPSA) is 76.4 Å². The number of guanidine groups is 1. The average molecular weight is 254 g/mol. The Hall–Kier alpha value is -1.63. The van der Waals surface area contributed by atoms with Gasteiger partial charge in [0.05, 0.1) is 13.2 Å². The van der Waals surface area contributed by atoms with Crippen molar-refractivity contribution in [3.8, 4) is 0 Å². The lowest BCUT2D eigenvalue weighted by Gasteiger charge is -2.11. The summed E-state index contributed by atoms with van der Waals surface area (Å²) in [5.74, 6) is 1.63. The SMILES string of the molecule is CCOCCNC(=NC)NCc1nncn1CC. The molecule has 0 unspecified atom stereocenters. The number of nitrogens with one attached hydrogen (secondary N) is 2. The smallest absolute Gasteiger partial charge is 0.191 e. The largest absolute Gasteiger partial charge is 0.380 e. The van der Waals surface area contributed by atoms with Gasteiger partial charge in [-0.3, -0.25) is 4.99 Å². The maximum Gasteiger partial charge on any atom is 0.191 e. The van der Waals surface area contributed by atoms with E-state index in [9.17, 15) is 0 Å². The zero-order valence-corrected chi connectivity index (χ0v) is 11.3. The molecule has 0 fully saturated rings. The molecule has 7 heteroatoms. The van der Waals surface area contributed by atoms with Gasteiger partial charge in [-0.1, -0.05) is 0 Å². The number of rotatable bonds is 7. The summed E-state index contributed by atoms with van der Waals surface area (Å²) in [6.07, 6.45) is 1.72. The lowest BCUT2D eigenvalue weighted by atomic mass is 10.5. The molecule has 0 aliphatic heterocycles. The molecule has 0 aliphatic rings. The van der Waals surface area contributed by atoms with Gasteiger partial charge in [0, 0.05) is 26.7 Å². The number of ether oxygens (including phenoxy) is 1. The first-order valence-corrected chi connectivity index (χ1v) is 6.20. The van der Waals surface area contributed by atoms with Crippen LogP contribution >= 0.6 is 0 Å². The summed E-state index contributed by atoms with van der Waals surface area (Å²) in [5, 5.41) is 14.3. The standard InChI is InChI=1S/C11H22N6O/c1-4-17-9-15-16-10(17)8-14-11(12-3)13-6-7-18-5-2/h9H,4-8H2,1-3H3,(H2,12,13,14). The summed E-state index contributed by atoms with van der Waals surface area (Å²) in [5.41, 5.74) is 0. The Morgan fingerprint density at radius 3 is 2.94 bits per heavy atom. The molecule has 0 radical (unpaired) electrons. The van der Waals surface area contributed by atoms with Gasteiger partial charge in [0.15, 0.2) is 11.8 Å². The van der Waals surface area contributed by atoms with Crippen LogP contribution in [-0.4, -0.2) is 47.5 Å². The zero-order chi connectivity index (χ0) is 13.2. The Balaban J connectivity index is 2.31. The van der Waals surface area contributed by atoms with E-state index in [0.717, 1.165) is 31.5 Å². The van der Waals surface area contributed by atoms with Gasteiger partial charge in [0.25, 0.3) is 0 Å². The molecule has 2 N–H and O–H groups in total. The summed E-state index contributed by atoms with van der Waals surface area (Å²) in [6, 6.07) is 0. The van der Waals surface area contributed by atoms with Gasteiger partial charge in [-0.05, 0) is 13.8 Å². The summed E-state index contributed by atoms with van der Waals surface area (Å²) < 4.78 is 7.23. The van der Waals surface area contributed by atoms with Gasteiger partial charge in [-0.25, -0.2) is 0 Å².